The molecule has 0 fully saturated rings. The van der Waals surface area contributed by atoms with Gasteiger partial charge in [-0.25, -0.2) is 8.42 Å². The van der Waals surface area contributed by atoms with Gasteiger partial charge in [-0.2, -0.15) is 0 Å². The Bertz CT molecular complexity index is 451. The Morgan fingerprint density at radius 1 is 1.33 bits per heavy atom. The first-order valence-corrected chi connectivity index (χ1v) is 6.38. The molecule has 0 amide bonds. The minimum absolute atomic E-state index is 0.165. The third-order valence-electron chi connectivity index (χ3n) is 2.20. The SMILES string of the molecule is C[C@H](/C(=N\O)c1ccccc1)S(C)(=O)=O. The molecule has 0 unspecified atom stereocenters. The molecule has 0 aromatic heterocycles. The number of sulfone groups is 1. The van der Waals surface area contributed by atoms with E-state index in [0.29, 0.717) is 5.56 Å². The zero-order chi connectivity index (χ0) is 11.5. The molecular formula is C10H13NO3S. The highest BCUT2D eigenvalue weighted by Gasteiger charge is 2.23. The second-order valence-corrected chi connectivity index (χ2v) is 5.69. The van der Waals surface area contributed by atoms with E-state index in [9.17, 15) is 8.42 Å². The van der Waals surface area contributed by atoms with Crippen LogP contribution in [-0.4, -0.2) is 30.8 Å². The van der Waals surface area contributed by atoms with Crippen molar-refractivity contribution in [3.63, 3.8) is 0 Å². The molecule has 1 N–H and O–H groups in total. The quantitative estimate of drug-likeness (QED) is 0.481. The summed E-state index contributed by atoms with van der Waals surface area (Å²) in [7, 11) is -3.25. The van der Waals surface area contributed by atoms with Crippen molar-refractivity contribution in [2.75, 3.05) is 6.26 Å². The van der Waals surface area contributed by atoms with Crippen molar-refractivity contribution in [3.8, 4) is 0 Å². The van der Waals surface area contributed by atoms with Crippen LogP contribution in [0.1, 0.15) is 12.5 Å². The van der Waals surface area contributed by atoms with Gasteiger partial charge in [0.2, 0.25) is 0 Å². The minimum Gasteiger partial charge on any atom is -0.411 e. The van der Waals surface area contributed by atoms with Crippen LogP contribution in [0.4, 0.5) is 0 Å². The summed E-state index contributed by atoms with van der Waals surface area (Å²) in [6.07, 6.45) is 1.12. The van der Waals surface area contributed by atoms with E-state index in [-0.39, 0.29) is 5.71 Å². The minimum atomic E-state index is -3.25. The summed E-state index contributed by atoms with van der Waals surface area (Å²) in [4.78, 5) is 0. The lowest BCUT2D eigenvalue weighted by Gasteiger charge is -2.11. The van der Waals surface area contributed by atoms with E-state index in [0.717, 1.165) is 6.26 Å². The van der Waals surface area contributed by atoms with Gasteiger partial charge in [-0.1, -0.05) is 35.5 Å². The Labute approximate surface area is 89.2 Å². The Balaban J connectivity index is 3.13. The first-order chi connectivity index (χ1) is 6.96. The zero-order valence-corrected chi connectivity index (χ0v) is 9.40. The van der Waals surface area contributed by atoms with Gasteiger partial charge in [-0.05, 0) is 6.92 Å². The van der Waals surface area contributed by atoms with Gasteiger partial charge < -0.3 is 5.21 Å². The fraction of sp³-hybridized carbons (Fsp3) is 0.300. The maximum absolute atomic E-state index is 11.3. The highest BCUT2D eigenvalue weighted by molar-refractivity contribution is 7.92. The summed E-state index contributed by atoms with van der Waals surface area (Å²) >= 11 is 0. The van der Waals surface area contributed by atoms with Crippen molar-refractivity contribution in [2.45, 2.75) is 12.2 Å². The third kappa shape index (κ3) is 2.79. The Morgan fingerprint density at radius 2 is 1.87 bits per heavy atom. The van der Waals surface area contributed by atoms with Gasteiger partial charge in [-0.15, -0.1) is 0 Å². The van der Waals surface area contributed by atoms with Gasteiger partial charge in [0.15, 0.2) is 9.84 Å². The van der Waals surface area contributed by atoms with Crippen molar-refractivity contribution < 1.29 is 13.6 Å². The smallest absolute Gasteiger partial charge is 0.155 e. The number of oxime groups is 1. The highest BCUT2D eigenvalue weighted by Crippen LogP contribution is 2.10. The normalized spacial score (nSPS) is 14.9. The fourth-order valence-corrected chi connectivity index (χ4v) is 1.77. The van der Waals surface area contributed by atoms with Crippen molar-refractivity contribution in [1.29, 1.82) is 0 Å². The molecule has 1 aromatic carbocycles. The van der Waals surface area contributed by atoms with E-state index < -0.39 is 15.1 Å². The summed E-state index contributed by atoms with van der Waals surface area (Å²) in [5, 5.41) is 11.1. The number of hydrogen-bond acceptors (Lipinski definition) is 4. The van der Waals surface area contributed by atoms with Gasteiger partial charge >= 0.3 is 0 Å². The van der Waals surface area contributed by atoms with Crippen LogP contribution in [0.15, 0.2) is 35.5 Å². The molecule has 5 heteroatoms. The van der Waals surface area contributed by atoms with Gasteiger partial charge in [0.25, 0.3) is 0 Å². The molecule has 15 heavy (non-hydrogen) atoms. The molecule has 1 rings (SSSR count). The van der Waals surface area contributed by atoms with E-state index in [1.807, 2.05) is 6.07 Å². The summed E-state index contributed by atoms with van der Waals surface area (Å²) in [6.45, 7) is 1.50. The Morgan fingerprint density at radius 3 is 2.27 bits per heavy atom. The average Bonchev–Trinajstić information content (AvgIpc) is 2.19. The van der Waals surface area contributed by atoms with Gasteiger partial charge in [0.05, 0.1) is 0 Å². The maximum atomic E-state index is 11.3. The molecular weight excluding hydrogens is 214 g/mol. The second kappa shape index (κ2) is 4.44. The molecule has 0 aliphatic carbocycles. The van der Waals surface area contributed by atoms with E-state index in [1.54, 1.807) is 24.3 Å². The van der Waals surface area contributed by atoms with E-state index >= 15 is 0 Å². The summed E-state index contributed by atoms with van der Waals surface area (Å²) < 4.78 is 22.6. The molecule has 0 bridgehead atoms. The van der Waals surface area contributed by atoms with E-state index in [2.05, 4.69) is 5.16 Å². The number of rotatable bonds is 3. The summed E-state index contributed by atoms with van der Waals surface area (Å²) in [5.74, 6) is 0. The van der Waals surface area contributed by atoms with Crippen molar-refractivity contribution in [3.05, 3.63) is 35.9 Å². The summed E-state index contributed by atoms with van der Waals surface area (Å²) in [5.41, 5.74) is 0.774. The van der Waals surface area contributed by atoms with Crippen molar-refractivity contribution in [2.24, 2.45) is 5.16 Å². The topological polar surface area (TPSA) is 66.7 Å². The van der Waals surface area contributed by atoms with Gasteiger partial charge in [0.1, 0.15) is 11.0 Å². The second-order valence-electron chi connectivity index (χ2n) is 3.32. The fourth-order valence-electron chi connectivity index (χ4n) is 1.19. The van der Waals surface area contributed by atoms with Crippen LogP contribution in [0.5, 0.6) is 0 Å². The van der Waals surface area contributed by atoms with E-state index in [4.69, 9.17) is 5.21 Å². The highest BCUT2D eigenvalue weighted by atomic mass is 32.2. The van der Waals surface area contributed by atoms with Crippen molar-refractivity contribution >= 4 is 15.5 Å². The molecule has 82 valence electrons. The molecule has 1 aromatic rings. The van der Waals surface area contributed by atoms with E-state index in [1.165, 1.54) is 6.92 Å². The first-order valence-electron chi connectivity index (χ1n) is 4.43. The Hall–Kier alpha value is -1.36. The van der Waals surface area contributed by atoms with Crippen LogP contribution in [0.2, 0.25) is 0 Å². The number of benzene rings is 1. The lowest BCUT2D eigenvalue weighted by atomic mass is 10.1. The lowest BCUT2D eigenvalue weighted by Crippen LogP contribution is -2.27. The van der Waals surface area contributed by atoms with Crippen LogP contribution in [0, 0.1) is 0 Å². The standard InChI is InChI=1S/C10H13NO3S/c1-8(15(2,13)14)10(11-12)9-6-4-3-5-7-9/h3-8,12H,1-2H3/b11-10+/t8-/m1/s1. The van der Waals surface area contributed by atoms with Crippen LogP contribution in [0.25, 0.3) is 0 Å². The molecule has 0 aliphatic rings. The van der Waals surface area contributed by atoms with Crippen LogP contribution >= 0.6 is 0 Å². The van der Waals surface area contributed by atoms with Gasteiger partial charge in [-0.3, -0.25) is 0 Å². The molecule has 0 heterocycles. The third-order valence-corrected chi connectivity index (χ3v) is 3.71. The monoisotopic (exact) mass is 227 g/mol. The van der Waals surface area contributed by atoms with Crippen LogP contribution in [0.3, 0.4) is 0 Å². The predicted molar refractivity (Wildman–Crippen MR) is 59.1 cm³/mol. The molecule has 0 radical (unpaired) electrons. The molecule has 0 spiro atoms. The summed E-state index contributed by atoms with van der Waals surface area (Å²) in [6, 6.07) is 8.74. The molecule has 0 aliphatic heterocycles. The average molecular weight is 227 g/mol. The molecule has 0 saturated carbocycles. The predicted octanol–water partition coefficient (Wildman–Crippen LogP) is 1.30. The number of nitrogens with zero attached hydrogens (tertiary/aromatic N) is 1. The number of hydrogen-bond donors (Lipinski definition) is 1. The molecule has 4 nitrogen and oxygen atoms in total. The first kappa shape index (κ1) is 11.7. The lowest BCUT2D eigenvalue weighted by molar-refractivity contribution is 0.318. The maximum Gasteiger partial charge on any atom is 0.155 e. The van der Waals surface area contributed by atoms with Crippen LogP contribution in [-0.2, 0) is 9.84 Å². The van der Waals surface area contributed by atoms with Crippen molar-refractivity contribution in [1.82, 2.24) is 0 Å². The van der Waals surface area contributed by atoms with Crippen LogP contribution < -0.4 is 0 Å². The van der Waals surface area contributed by atoms with Gasteiger partial charge in [0, 0.05) is 11.8 Å². The zero-order valence-electron chi connectivity index (χ0n) is 8.58. The molecule has 0 saturated heterocycles. The molecule has 1 atom stereocenters. The largest absolute Gasteiger partial charge is 0.411 e. The Kier molecular flexibility index (Phi) is 3.47.